The Hall–Kier alpha value is -3.88. The zero-order valence-corrected chi connectivity index (χ0v) is 19.1. The molecule has 2 N–H and O–H groups in total. The molecule has 4 aromatic rings. The normalized spacial score (nSPS) is 14.6. The topological polar surface area (TPSA) is 94.5 Å². The third-order valence-corrected chi connectivity index (χ3v) is 6.21. The number of H-pyrrole nitrogens is 1. The van der Waals surface area contributed by atoms with Crippen LogP contribution < -0.4 is 10.2 Å². The van der Waals surface area contributed by atoms with Crippen LogP contribution in [0, 0.1) is 6.92 Å². The Morgan fingerprint density at radius 1 is 1.06 bits per heavy atom. The molecule has 1 amide bonds. The number of amides is 1. The molecule has 0 spiro atoms. The van der Waals surface area contributed by atoms with Gasteiger partial charge in [0.1, 0.15) is 5.52 Å². The lowest BCUT2D eigenvalue weighted by molar-refractivity contribution is -0.136. The van der Waals surface area contributed by atoms with Crippen molar-refractivity contribution in [2.45, 2.75) is 26.2 Å². The third kappa shape index (κ3) is 4.02. The monoisotopic (exact) mass is 444 g/mol. The minimum absolute atomic E-state index is 0.145. The lowest BCUT2D eigenvalue weighted by Gasteiger charge is -2.38. The Kier molecular flexibility index (Phi) is 5.24. The van der Waals surface area contributed by atoms with Crippen molar-refractivity contribution in [2.75, 3.05) is 36.4 Å². The maximum Gasteiger partial charge on any atom is 0.245 e. The first kappa shape index (κ1) is 21.0. The quantitative estimate of drug-likeness (QED) is 0.491. The smallest absolute Gasteiger partial charge is 0.245 e. The van der Waals surface area contributed by atoms with Gasteiger partial charge in [-0.3, -0.25) is 9.89 Å². The van der Waals surface area contributed by atoms with Gasteiger partial charge in [0.2, 0.25) is 11.9 Å². The average molecular weight is 445 g/mol. The summed E-state index contributed by atoms with van der Waals surface area (Å²) in [5.41, 5.74) is 2.31. The van der Waals surface area contributed by atoms with E-state index in [1.165, 1.54) is 0 Å². The van der Waals surface area contributed by atoms with Gasteiger partial charge in [0.25, 0.3) is 0 Å². The highest BCUT2D eigenvalue weighted by Gasteiger charge is 2.35. The summed E-state index contributed by atoms with van der Waals surface area (Å²) in [6, 6.07) is 15.8. The summed E-state index contributed by atoms with van der Waals surface area (Å²) in [6.07, 6.45) is 1.91. The van der Waals surface area contributed by atoms with E-state index in [1.54, 1.807) is 0 Å². The molecule has 4 heterocycles. The van der Waals surface area contributed by atoms with Gasteiger partial charge in [-0.05, 0) is 38.5 Å². The Morgan fingerprint density at radius 2 is 1.82 bits per heavy atom. The van der Waals surface area contributed by atoms with E-state index in [4.69, 9.17) is 10.1 Å². The van der Waals surface area contributed by atoms with Crippen LogP contribution in [0.25, 0.3) is 5.52 Å². The number of hydrogen-bond donors (Lipinski definition) is 2. The number of nitrogens with zero attached hydrogens (tertiary/aromatic N) is 6. The zero-order valence-electron chi connectivity index (χ0n) is 19.1. The maximum atomic E-state index is 13.3. The Balaban J connectivity index is 1.33. The fourth-order valence-corrected chi connectivity index (χ4v) is 4.24. The van der Waals surface area contributed by atoms with Crippen LogP contribution in [-0.2, 0) is 10.2 Å². The molecule has 33 heavy (non-hydrogen) atoms. The van der Waals surface area contributed by atoms with E-state index in [2.05, 4.69) is 20.4 Å². The molecule has 0 atom stereocenters. The number of carbonyl (C=O) groups is 1. The largest absolute Gasteiger partial charge is 0.338 e. The van der Waals surface area contributed by atoms with Gasteiger partial charge in [-0.15, -0.1) is 5.10 Å². The molecule has 3 aromatic heterocycles. The molecule has 0 radical (unpaired) electrons. The van der Waals surface area contributed by atoms with E-state index in [0.717, 1.165) is 16.8 Å². The van der Waals surface area contributed by atoms with Crippen LogP contribution in [-0.4, -0.2) is 61.8 Å². The van der Waals surface area contributed by atoms with Crippen LogP contribution in [0.5, 0.6) is 0 Å². The van der Waals surface area contributed by atoms with Crippen LogP contribution in [0.1, 0.15) is 25.1 Å². The molecule has 1 aromatic carbocycles. The van der Waals surface area contributed by atoms with Crippen LogP contribution in [0.2, 0.25) is 0 Å². The molecule has 1 aliphatic heterocycles. The highest BCUT2D eigenvalue weighted by molar-refractivity contribution is 5.87. The second-order valence-electron chi connectivity index (χ2n) is 8.93. The summed E-state index contributed by atoms with van der Waals surface area (Å²) in [5, 5.41) is 15.2. The summed E-state index contributed by atoms with van der Waals surface area (Å²) in [5.74, 6) is 2.17. The van der Waals surface area contributed by atoms with Gasteiger partial charge in [-0.2, -0.15) is 10.1 Å². The Labute approximate surface area is 192 Å². The van der Waals surface area contributed by atoms with Crippen LogP contribution in [0.4, 0.5) is 17.6 Å². The number of aromatic amines is 1. The van der Waals surface area contributed by atoms with Gasteiger partial charge in [0.05, 0.1) is 5.41 Å². The standard InChI is InChI=1S/C24H28N8O/c1-17-16-20(28-27-17)25-21-19-10-7-11-32(19)29-23(26-21)31-14-12-30(13-15-31)22(33)24(2,3)18-8-5-4-6-9-18/h4-11,16H,12-15H2,1-3H3,(H2,25,26,27,28,29). The fraction of sp³-hybridized carbons (Fsp3) is 0.333. The van der Waals surface area contributed by atoms with Crippen LogP contribution in [0.3, 0.4) is 0 Å². The summed E-state index contributed by atoms with van der Waals surface area (Å²) < 4.78 is 1.82. The first-order valence-electron chi connectivity index (χ1n) is 11.2. The first-order valence-corrected chi connectivity index (χ1v) is 11.2. The number of carbonyl (C=O) groups excluding carboxylic acids is 1. The van der Waals surface area contributed by atoms with Crippen LogP contribution in [0.15, 0.2) is 54.7 Å². The van der Waals surface area contributed by atoms with E-state index >= 15 is 0 Å². The number of benzene rings is 1. The van der Waals surface area contributed by atoms with Crippen LogP contribution >= 0.6 is 0 Å². The molecule has 0 saturated carbocycles. The molecule has 170 valence electrons. The molecule has 0 bridgehead atoms. The van der Waals surface area contributed by atoms with Gasteiger partial charge >= 0.3 is 0 Å². The molecule has 0 unspecified atom stereocenters. The van der Waals surface area contributed by atoms with E-state index in [0.29, 0.717) is 43.8 Å². The highest BCUT2D eigenvalue weighted by atomic mass is 16.2. The number of fused-ring (bicyclic) bond motifs is 1. The number of piperazine rings is 1. The first-order chi connectivity index (χ1) is 15.9. The molecule has 0 aliphatic carbocycles. The maximum absolute atomic E-state index is 13.3. The van der Waals surface area contributed by atoms with Crippen molar-refractivity contribution in [1.82, 2.24) is 29.7 Å². The van der Waals surface area contributed by atoms with E-state index in [9.17, 15) is 4.79 Å². The number of nitrogens with one attached hydrogen (secondary N) is 2. The molecule has 1 saturated heterocycles. The molecular weight excluding hydrogens is 416 g/mol. The van der Waals surface area contributed by atoms with Crippen molar-refractivity contribution in [2.24, 2.45) is 0 Å². The van der Waals surface area contributed by atoms with Gasteiger partial charge in [0, 0.05) is 44.1 Å². The molecule has 1 fully saturated rings. The lowest BCUT2D eigenvalue weighted by atomic mass is 9.83. The highest BCUT2D eigenvalue weighted by Crippen LogP contribution is 2.27. The van der Waals surface area contributed by atoms with Gasteiger partial charge < -0.3 is 15.1 Å². The van der Waals surface area contributed by atoms with Crippen molar-refractivity contribution < 1.29 is 4.79 Å². The van der Waals surface area contributed by atoms with Crippen molar-refractivity contribution in [3.05, 3.63) is 66.0 Å². The predicted molar refractivity (Wildman–Crippen MR) is 128 cm³/mol. The lowest BCUT2D eigenvalue weighted by Crippen LogP contribution is -2.53. The van der Waals surface area contributed by atoms with Gasteiger partial charge in [-0.25, -0.2) is 4.52 Å². The van der Waals surface area contributed by atoms with E-state index in [1.807, 2.05) is 84.9 Å². The van der Waals surface area contributed by atoms with Crippen molar-refractivity contribution in [3.8, 4) is 0 Å². The van der Waals surface area contributed by atoms with Gasteiger partial charge in [-0.1, -0.05) is 30.3 Å². The number of rotatable bonds is 5. The summed E-state index contributed by atoms with van der Waals surface area (Å²) in [4.78, 5) is 22.2. The van der Waals surface area contributed by atoms with Crippen molar-refractivity contribution in [3.63, 3.8) is 0 Å². The second-order valence-corrected chi connectivity index (χ2v) is 8.93. The number of hydrogen-bond acceptors (Lipinski definition) is 6. The number of aromatic nitrogens is 5. The average Bonchev–Trinajstić information content (AvgIpc) is 3.48. The summed E-state index contributed by atoms with van der Waals surface area (Å²) >= 11 is 0. The summed E-state index contributed by atoms with van der Waals surface area (Å²) in [7, 11) is 0. The molecule has 1 aliphatic rings. The molecule has 5 rings (SSSR count). The Bertz CT molecular complexity index is 1270. The zero-order chi connectivity index (χ0) is 23.0. The van der Waals surface area contributed by atoms with Crippen molar-refractivity contribution in [1.29, 1.82) is 0 Å². The number of aryl methyl sites for hydroxylation is 1. The predicted octanol–water partition coefficient (Wildman–Crippen LogP) is 3.13. The second kappa shape index (κ2) is 8.23. The molecular formula is C24H28N8O. The van der Waals surface area contributed by atoms with Crippen molar-refractivity contribution >= 4 is 29.0 Å². The molecule has 9 heteroatoms. The number of anilines is 3. The Morgan fingerprint density at radius 3 is 2.52 bits per heavy atom. The summed E-state index contributed by atoms with van der Waals surface area (Å²) in [6.45, 7) is 8.54. The van der Waals surface area contributed by atoms with E-state index in [-0.39, 0.29) is 5.91 Å². The third-order valence-electron chi connectivity index (χ3n) is 6.21. The molecule has 9 nitrogen and oxygen atoms in total. The SMILES string of the molecule is Cc1cc(Nc2nc(N3CCN(C(=O)C(C)(C)c4ccccc4)CC3)nn3cccc23)n[nH]1. The fourth-order valence-electron chi connectivity index (χ4n) is 4.24. The minimum Gasteiger partial charge on any atom is -0.338 e. The van der Waals surface area contributed by atoms with Gasteiger partial charge in [0.15, 0.2) is 11.6 Å². The minimum atomic E-state index is -0.567. The van der Waals surface area contributed by atoms with E-state index < -0.39 is 5.41 Å².